The van der Waals surface area contributed by atoms with Crippen molar-refractivity contribution in [2.75, 3.05) is 19.8 Å². The van der Waals surface area contributed by atoms with Gasteiger partial charge in [-0.15, -0.1) is 12.4 Å². The molecule has 0 aliphatic carbocycles. The number of nitrogens with two attached hydrogens (primary N) is 1. The van der Waals surface area contributed by atoms with Crippen LogP contribution in [-0.4, -0.2) is 28.2 Å². The van der Waals surface area contributed by atoms with Crippen LogP contribution in [0.15, 0.2) is 47.4 Å². The number of hydrogen-bond donors (Lipinski definition) is 2. The highest BCUT2D eigenvalue weighted by molar-refractivity contribution is 7.89. The largest absolute Gasteiger partial charge is 0.490 e. The predicted octanol–water partition coefficient (Wildman–Crippen LogP) is 2.89. The third-order valence-corrected chi connectivity index (χ3v) is 4.71. The Morgan fingerprint density at radius 1 is 0.926 bits per heavy atom. The molecule has 0 bridgehead atoms. The lowest BCUT2D eigenvalue weighted by molar-refractivity contribution is 0.287. The van der Waals surface area contributed by atoms with E-state index in [4.69, 9.17) is 14.6 Å². The Hall–Kier alpha value is -1.80. The molecule has 0 aliphatic heterocycles. The summed E-state index contributed by atoms with van der Waals surface area (Å²) in [6, 6.07) is 12.6. The molecule has 6 nitrogen and oxygen atoms in total. The summed E-state index contributed by atoms with van der Waals surface area (Å²) in [4.78, 5) is 0.132. The molecule has 0 saturated carbocycles. The Morgan fingerprint density at radius 2 is 1.52 bits per heavy atom. The molecule has 2 rings (SSSR count). The maximum Gasteiger partial charge on any atom is 0.238 e. The smallest absolute Gasteiger partial charge is 0.238 e. The number of nitrogens with one attached hydrogen (secondary N) is 1. The SMILES string of the molecule is CCOc1ccc(CNCCc2ccc(S(N)(=O)=O)cc2)cc1OCC.Cl. The Balaban J connectivity index is 0.00000364. The van der Waals surface area contributed by atoms with Crippen molar-refractivity contribution >= 4 is 22.4 Å². The molecule has 0 amide bonds. The highest BCUT2D eigenvalue weighted by Crippen LogP contribution is 2.28. The summed E-state index contributed by atoms with van der Waals surface area (Å²) < 4.78 is 33.7. The lowest BCUT2D eigenvalue weighted by Crippen LogP contribution is -2.17. The molecule has 3 N–H and O–H groups in total. The Kier molecular flexibility index (Phi) is 9.59. The standard InChI is InChI=1S/C19H26N2O4S.ClH/c1-3-24-18-10-7-16(13-19(18)25-4-2)14-21-12-11-15-5-8-17(9-6-15)26(20,22)23;/h5-10,13,21H,3-4,11-12,14H2,1-2H3,(H2,20,22,23);1H. The minimum atomic E-state index is -3.64. The maximum atomic E-state index is 11.2. The fraction of sp³-hybridized carbons (Fsp3) is 0.368. The second-order valence-corrected chi connectivity index (χ2v) is 7.32. The van der Waals surface area contributed by atoms with Crippen molar-refractivity contribution in [1.82, 2.24) is 5.32 Å². The topological polar surface area (TPSA) is 90.6 Å². The van der Waals surface area contributed by atoms with E-state index in [0.717, 1.165) is 35.6 Å². The van der Waals surface area contributed by atoms with Gasteiger partial charge in [-0.3, -0.25) is 0 Å². The lowest BCUT2D eigenvalue weighted by atomic mass is 10.1. The number of sulfonamides is 1. The van der Waals surface area contributed by atoms with E-state index in [9.17, 15) is 8.42 Å². The summed E-state index contributed by atoms with van der Waals surface area (Å²) in [5, 5.41) is 8.47. The molecule has 0 unspecified atom stereocenters. The first-order valence-corrected chi connectivity index (χ1v) is 10.2. The number of primary sulfonamides is 1. The van der Waals surface area contributed by atoms with Crippen molar-refractivity contribution in [3.8, 4) is 11.5 Å². The molecule has 0 aliphatic rings. The van der Waals surface area contributed by atoms with Gasteiger partial charge in [0.2, 0.25) is 10.0 Å². The van der Waals surface area contributed by atoms with Crippen LogP contribution in [0.5, 0.6) is 11.5 Å². The molecule has 8 heteroatoms. The van der Waals surface area contributed by atoms with Crippen LogP contribution in [0.1, 0.15) is 25.0 Å². The number of benzene rings is 2. The van der Waals surface area contributed by atoms with Gasteiger partial charge in [0.05, 0.1) is 18.1 Å². The lowest BCUT2D eigenvalue weighted by Gasteiger charge is -2.13. The molecule has 0 spiro atoms. The van der Waals surface area contributed by atoms with Gasteiger partial charge in [-0.2, -0.15) is 0 Å². The second-order valence-electron chi connectivity index (χ2n) is 5.76. The molecule has 0 fully saturated rings. The van der Waals surface area contributed by atoms with Gasteiger partial charge in [-0.05, 0) is 62.2 Å². The first kappa shape index (κ1) is 23.2. The van der Waals surface area contributed by atoms with Crippen LogP contribution in [0.2, 0.25) is 0 Å². The van der Waals surface area contributed by atoms with Gasteiger partial charge in [0.1, 0.15) is 0 Å². The summed E-state index contributed by atoms with van der Waals surface area (Å²) in [5.74, 6) is 1.51. The molecule has 0 saturated heterocycles. The molecule has 27 heavy (non-hydrogen) atoms. The quantitative estimate of drug-likeness (QED) is 0.583. The molecular weight excluding hydrogens is 388 g/mol. The zero-order valence-electron chi connectivity index (χ0n) is 15.6. The zero-order valence-corrected chi connectivity index (χ0v) is 17.2. The van der Waals surface area contributed by atoms with E-state index in [0.29, 0.717) is 19.8 Å². The van der Waals surface area contributed by atoms with Gasteiger partial charge in [-0.25, -0.2) is 13.6 Å². The van der Waals surface area contributed by atoms with Crippen molar-refractivity contribution in [2.45, 2.75) is 31.7 Å². The molecule has 150 valence electrons. The Bertz CT molecular complexity index is 811. The normalized spacial score (nSPS) is 10.9. The number of halogens is 1. The summed E-state index contributed by atoms with van der Waals surface area (Å²) >= 11 is 0. The van der Waals surface area contributed by atoms with Gasteiger partial charge in [0, 0.05) is 6.54 Å². The average Bonchev–Trinajstić information content (AvgIpc) is 2.61. The van der Waals surface area contributed by atoms with Crippen LogP contribution >= 0.6 is 12.4 Å². The maximum absolute atomic E-state index is 11.2. The van der Waals surface area contributed by atoms with Crippen LogP contribution in [0.25, 0.3) is 0 Å². The Labute approximate surface area is 167 Å². The van der Waals surface area contributed by atoms with Crippen LogP contribution in [-0.2, 0) is 23.0 Å². The van der Waals surface area contributed by atoms with E-state index in [1.165, 1.54) is 12.1 Å². The molecular formula is C19H27ClN2O4S. The van der Waals surface area contributed by atoms with Gasteiger partial charge in [0.25, 0.3) is 0 Å². The van der Waals surface area contributed by atoms with Gasteiger partial charge >= 0.3 is 0 Å². The molecule has 2 aromatic rings. The predicted molar refractivity (Wildman–Crippen MR) is 109 cm³/mol. The van der Waals surface area contributed by atoms with E-state index in [1.54, 1.807) is 12.1 Å². The van der Waals surface area contributed by atoms with Crippen molar-refractivity contribution in [3.05, 3.63) is 53.6 Å². The molecule has 0 aromatic heterocycles. The highest BCUT2D eigenvalue weighted by atomic mass is 35.5. The molecule has 0 radical (unpaired) electrons. The highest BCUT2D eigenvalue weighted by Gasteiger charge is 2.07. The van der Waals surface area contributed by atoms with E-state index in [-0.39, 0.29) is 17.3 Å². The van der Waals surface area contributed by atoms with Gasteiger partial charge in [0.15, 0.2) is 11.5 Å². The van der Waals surface area contributed by atoms with Crippen molar-refractivity contribution in [2.24, 2.45) is 5.14 Å². The monoisotopic (exact) mass is 414 g/mol. The fourth-order valence-electron chi connectivity index (χ4n) is 2.52. The fourth-order valence-corrected chi connectivity index (χ4v) is 3.03. The van der Waals surface area contributed by atoms with E-state index < -0.39 is 10.0 Å². The van der Waals surface area contributed by atoms with Gasteiger partial charge in [-0.1, -0.05) is 18.2 Å². The third-order valence-electron chi connectivity index (χ3n) is 3.78. The number of rotatable bonds is 10. The molecule has 2 aromatic carbocycles. The second kappa shape index (κ2) is 11.1. The van der Waals surface area contributed by atoms with Crippen LogP contribution in [0.3, 0.4) is 0 Å². The van der Waals surface area contributed by atoms with Crippen molar-refractivity contribution in [1.29, 1.82) is 0 Å². The number of ether oxygens (including phenoxy) is 2. The number of hydrogen-bond acceptors (Lipinski definition) is 5. The first-order valence-electron chi connectivity index (χ1n) is 8.65. The van der Waals surface area contributed by atoms with Crippen LogP contribution < -0.4 is 19.9 Å². The average molecular weight is 415 g/mol. The van der Waals surface area contributed by atoms with Crippen LogP contribution in [0, 0.1) is 0 Å². The van der Waals surface area contributed by atoms with Crippen LogP contribution in [0.4, 0.5) is 0 Å². The minimum absolute atomic E-state index is 0. The molecule has 0 heterocycles. The third kappa shape index (κ3) is 7.38. The van der Waals surface area contributed by atoms with Gasteiger partial charge < -0.3 is 14.8 Å². The van der Waals surface area contributed by atoms with Crippen molar-refractivity contribution in [3.63, 3.8) is 0 Å². The van der Waals surface area contributed by atoms with E-state index in [1.807, 2.05) is 32.0 Å². The van der Waals surface area contributed by atoms with E-state index in [2.05, 4.69) is 5.32 Å². The summed E-state index contributed by atoms with van der Waals surface area (Å²) in [5.41, 5.74) is 2.16. The Morgan fingerprint density at radius 3 is 2.11 bits per heavy atom. The summed E-state index contributed by atoms with van der Waals surface area (Å²) in [6.07, 6.45) is 0.792. The summed E-state index contributed by atoms with van der Waals surface area (Å²) in [7, 11) is -3.64. The van der Waals surface area contributed by atoms with Crippen molar-refractivity contribution < 1.29 is 17.9 Å². The van der Waals surface area contributed by atoms with E-state index >= 15 is 0 Å². The molecule has 0 atom stereocenters. The minimum Gasteiger partial charge on any atom is -0.490 e. The zero-order chi connectivity index (χ0) is 19.0. The first-order chi connectivity index (χ1) is 12.4. The summed E-state index contributed by atoms with van der Waals surface area (Å²) in [6.45, 7) is 6.56.